The van der Waals surface area contributed by atoms with Crippen molar-refractivity contribution in [2.45, 2.75) is 6.18 Å². The van der Waals surface area contributed by atoms with E-state index in [1.165, 1.54) is 0 Å². The van der Waals surface area contributed by atoms with Crippen LogP contribution in [0.2, 0.25) is 0 Å². The molecule has 0 aliphatic carbocycles. The normalized spacial score (nSPS) is 11.5. The molecule has 0 amide bonds. The monoisotopic (exact) mass is 301 g/mol. The molecule has 2 aromatic rings. The molecular formula is C13H10F3NO4. The van der Waals surface area contributed by atoms with E-state index in [-0.39, 0.29) is 22.2 Å². The lowest BCUT2D eigenvalue weighted by atomic mass is 10.1. The molecule has 0 aliphatic rings. The molecule has 112 valence electrons. The molecule has 1 aromatic heterocycles. The highest BCUT2D eigenvalue weighted by Crippen LogP contribution is 2.33. The first-order chi connectivity index (χ1) is 9.79. The SMILES string of the molecule is COC(=O)c1[nH]c2ccc(C(F)(F)F)cc2c1C(=O)OC. The van der Waals surface area contributed by atoms with Crippen LogP contribution in [0.25, 0.3) is 10.9 Å². The van der Waals surface area contributed by atoms with Gasteiger partial charge >= 0.3 is 18.1 Å². The van der Waals surface area contributed by atoms with Crippen molar-refractivity contribution in [3.63, 3.8) is 0 Å². The average Bonchev–Trinajstić information content (AvgIpc) is 2.83. The minimum Gasteiger partial charge on any atom is -0.465 e. The van der Waals surface area contributed by atoms with Crippen LogP contribution in [0.4, 0.5) is 13.2 Å². The number of ether oxygens (including phenoxy) is 2. The van der Waals surface area contributed by atoms with Crippen LogP contribution < -0.4 is 0 Å². The van der Waals surface area contributed by atoms with E-state index < -0.39 is 23.7 Å². The fourth-order valence-corrected chi connectivity index (χ4v) is 1.94. The Morgan fingerprint density at radius 1 is 1.10 bits per heavy atom. The number of hydrogen-bond acceptors (Lipinski definition) is 4. The van der Waals surface area contributed by atoms with Crippen molar-refractivity contribution in [1.29, 1.82) is 0 Å². The van der Waals surface area contributed by atoms with Crippen molar-refractivity contribution in [3.8, 4) is 0 Å². The van der Waals surface area contributed by atoms with Crippen LogP contribution in [0.15, 0.2) is 18.2 Å². The summed E-state index contributed by atoms with van der Waals surface area (Å²) in [7, 11) is 2.16. The molecule has 0 radical (unpaired) electrons. The van der Waals surface area contributed by atoms with E-state index in [2.05, 4.69) is 14.5 Å². The standard InChI is InChI=1S/C13H10F3NO4/c1-20-11(18)9-7-5-6(13(14,15)16)3-4-8(7)17-10(9)12(19)21-2/h3-5,17H,1-2H3. The van der Waals surface area contributed by atoms with E-state index in [1.807, 2.05) is 0 Å². The highest BCUT2D eigenvalue weighted by Gasteiger charge is 2.32. The third-order valence-electron chi connectivity index (χ3n) is 2.90. The Labute approximate surface area is 116 Å². The van der Waals surface area contributed by atoms with Gasteiger partial charge in [-0.3, -0.25) is 0 Å². The van der Waals surface area contributed by atoms with E-state index in [0.29, 0.717) is 0 Å². The molecular weight excluding hydrogens is 291 g/mol. The van der Waals surface area contributed by atoms with Gasteiger partial charge in [0.05, 0.1) is 25.3 Å². The Morgan fingerprint density at radius 2 is 1.71 bits per heavy atom. The number of carbonyl (C=O) groups excluding carboxylic acids is 2. The fraction of sp³-hybridized carbons (Fsp3) is 0.231. The lowest BCUT2D eigenvalue weighted by Crippen LogP contribution is -2.11. The number of rotatable bonds is 2. The van der Waals surface area contributed by atoms with Crippen LogP contribution in [0.5, 0.6) is 0 Å². The van der Waals surface area contributed by atoms with Gasteiger partial charge in [-0.25, -0.2) is 9.59 Å². The van der Waals surface area contributed by atoms with Gasteiger partial charge in [-0.05, 0) is 18.2 Å². The number of carbonyl (C=O) groups is 2. The summed E-state index contributed by atoms with van der Waals surface area (Å²) < 4.78 is 47.2. The van der Waals surface area contributed by atoms with Crippen molar-refractivity contribution < 1.29 is 32.2 Å². The van der Waals surface area contributed by atoms with Crippen molar-refractivity contribution in [2.75, 3.05) is 14.2 Å². The minimum absolute atomic E-state index is 0.0583. The zero-order chi connectivity index (χ0) is 15.8. The highest BCUT2D eigenvalue weighted by atomic mass is 19.4. The number of aromatic nitrogens is 1. The maximum Gasteiger partial charge on any atom is 0.416 e. The summed E-state index contributed by atoms with van der Waals surface area (Å²) in [6.45, 7) is 0. The lowest BCUT2D eigenvalue weighted by Gasteiger charge is -2.06. The Balaban J connectivity index is 2.77. The maximum absolute atomic E-state index is 12.7. The number of esters is 2. The second-order valence-corrected chi connectivity index (χ2v) is 4.12. The average molecular weight is 301 g/mol. The van der Waals surface area contributed by atoms with Crippen molar-refractivity contribution >= 4 is 22.8 Å². The summed E-state index contributed by atoms with van der Waals surface area (Å²) in [5.41, 5.74) is -1.27. The predicted molar refractivity (Wildman–Crippen MR) is 66.0 cm³/mol. The summed E-state index contributed by atoms with van der Waals surface area (Å²) >= 11 is 0. The first-order valence-corrected chi connectivity index (χ1v) is 5.69. The molecule has 2 rings (SSSR count). The number of methoxy groups -OCH3 is 2. The molecule has 8 heteroatoms. The van der Waals surface area contributed by atoms with Gasteiger partial charge in [-0.2, -0.15) is 13.2 Å². The van der Waals surface area contributed by atoms with Gasteiger partial charge < -0.3 is 14.5 Å². The third kappa shape index (κ3) is 2.56. The number of halogens is 3. The van der Waals surface area contributed by atoms with E-state index in [1.54, 1.807) is 0 Å². The minimum atomic E-state index is -4.57. The van der Waals surface area contributed by atoms with Gasteiger partial charge in [0.25, 0.3) is 0 Å². The first-order valence-electron chi connectivity index (χ1n) is 5.69. The van der Waals surface area contributed by atoms with Crippen LogP contribution in [-0.2, 0) is 15.7 Å². The van der Waals surface area contributed by atoms with Gasteiger partial charge in [0.2, 0.25) is 0 Å². The molecule has 0 unspecified atom stereocenters. The number of hydrogen-bond donors (Lipinski definition) is 1. The van der Waals surface area contributed by atoms with Crippen molar-refractivity contribution in [2.24, 2.45) is 0 Å². The smallest absolute Gasteiger partial charge is 0.416 e. The second-order valence-electron chi connectivity index (χ2n) is 4.12. The van der Waals surface area contributed by atoms with Crippen LogP contribution in [0, 0.1) is 0 Å². The second kappa shape index (κ2) is 5.12. The molecule has 1 aromatic carbocycles. The molecule has 0 saturated heterocycles. The number of nitrogens with one attached hydrogen (secondary N) is 1. The van der Waals surface area contributed by atoms with Gasteiger partial charge in [-0.15, -0.1) is 0 Å². The van der Waals surface area contributed by atoms with Crippen LogP contribution in [-0.4, -0.2) is 31.1 Å². The summed E-state index contributed by atoms with van der Waals surface area (Å²) in [5, 5.41) is -0.0583. The largest absolute Gasteiger partial charge is 0.465 e. The fourth-order valence-electron chi connectivity index (χ4n) is 1.94. The van der Waals surface area contributed by atoms with Gasteiger partial charge in [0.15, 0.2) is 0 Å². The molecule has 5 nitrogen and oxygen atoms in total. The predicted octanol–water partition coefficient (Wildman–Crippen LogP) is 2.76. The van der Waals surface area contributed by atoms with Gasteiger partial charge in [0, 0.05) is 10.9 Å². The number of H-pyrrole nitrogens is 1. The number of fused-ring (bicyclic) bond motifs is 1. The van der Waals surface area contributed by atoms with E-state index >= 15 is 0 Å². The zero-order valence-corrected chi connectivity index (χ0v) is 11.0. The molecule has 0 saturated carbocycles. The zero-order valence-electron chi connectivity index (χ0n) is 11.0. The molecule has 1 heterocycles. The van der Waals surface area contributed by atoms with Gasteiger partial charge in [0.1, 0.15) is 5.69 Å². The molecule has 0 bridgehead atoms. The van der Waals surface area contributed by atoms with Crippen LogP contribution in [0.3, 0.4) is 0 Å². The summed E-state index contributed by atoms with van der Waals surface area (Å²) in [5.74, 6) is -1.80. The van der Waals surface area contributed by atoms with Gasteiger partial charge in [-0.1, -0.05) is 0 Å². The number of alkyl halides is 3. The maximum atomic E-state index is 12.7. The number of aromatic amines is 1. The third-order valence-corrected chi connectivity index (χ3v) is 2.90. The highest BCUT2D eigenvalue weighted by molar-refractivity contribution is 6.12. The Hall–Kier alpha value is -2.51. The van der Waals surface area contributed by atoms with Crippen molar-refractivity contribution in [3.05, 3.63) is 35.0 Å². The molecule has 0 atom stereocenters. The Bertz CT molecular complexity index is 718. The van der Waals surface area contributed by atoms with Crippen molar-refractivity contribution in [1.82, 2.24) is 4.98 Å². The first kappa shape index (κ1) is 14.9. The Kier molecular flexibility index (Phi) is 3.63. The molecule has 1 N–H and O–H groups in total. The number of benzene rings is 1. The van der Waals surface area contributed by atoms with Crippen LogP contribution in [0.1, 0.15) is 26.4 Å². The van der Waals surface area contributed by atoms with E-state index in [9.17, 15) is 22.8 Å². The lowest BCUT2D eigenvalue weighted by molar-refractivity contribution is -0.137. The van der Waals surface area contributed by atoms with E-state index in [4.69, 9.17) is 0 Å². The quantitative estimate of drug-likeness (QED) is 0.866. The Morgan fingerprint density at radius 3 is 2.24 bits per heavy atom. The summed E-state index contributed by atoms with van der Waals surface area (Å²) in [6.07, 6.45) is -4.57. The molecule has 0 fully saturated rings. The summed E-state index contributed by atoms with van der Waals surface area (Å²) in [4.78, 5) is 25.9. The molecule has 0 aliphatic heterocycles. The molecule has 21 heavy (non-hydrogen) atoms. The summed E-state index contributed by atoms with van der Waals surface area (Å²) in [6, 6.07) is 2.77. The van der Waals surface area contributed by atoms with E-state index in [0.717, 1.165) is 32.4 Å². The van der Waals surface area contributed by atoms with Crippen LogP contribution >= 0.6 is 0 Å². The topological polar surface area (TPSA) is 68.4 Å². The molecule has 0 spiro atoms.